The van der Waals surface area contributed by atoms with Crippen molar-refractivity contribution in [2.24, 2.45) is 4.99 Å². The Hall–Kier alpha value is -5.64. The Morgan fingerprint density at radius 2 is 1.60 bits per heavy atom. The summed E-state index contributed by atoms with van der Waals surface area (Å²) in [5, 5.41) is 0.636. The molecule has 1 aliphatic heterocycles. The average molecular weight is 744 g/mol. The van der Waals surface area contributed by atoms with E-state index in [1.54, 1.807) is 31.6 Å². The molecular weight excluding hydrogens is 706 g/mol. The molecule has 53 heavy (non-hydrogen) atoms. The molecule has 0 aliphatic carbocycles. The van der Waals surface area contributed by atoms with Gasteiger partial charge in [0.15, 0.2) is 16.3 Å². The van der Waals surface area contributed by atoms with Crippen LogP contribution in [-0.4, -0.2) is 34.9 Å². The SMILES string of the molecule is CCOC(=O)C1=C(C)N=c2s/c(=C/c3cc(-c4ccccc4)n(-c4ccc(Cl)cc4)c3-c3ccccc3)c(=O)n2[C@H]1c1ccc(OC(C)C)c(OC)c1. The van der Waals surface area contributed by atoms with Gasteiger partial charge in [-0.2, -0.15) is 0 Å². The van der Waals surface area contributed by atoms with Crippen LogP contribution in [0.4, 0.5) is 0 Å². The van der Waals surface area contributed by atoms with Crippen LogP contribution < -0.4 is 24.4 Å². The molecule has 0 bridgehead atoms. The van der Waals surface area contributed by atoms with E-state index in [0.29, 0.717) is 37.1 Å². The summed E-state index contributed by atoms with van der Waals surface area (Å²) in [5.74, 6) is 0.513. The van der Waals surface area contributed by atoms with E-state index in [0.717, 1.165) is 33.8 Å². The summed E-state index contributed by atoms with van der Waals surface area (Å²) >= 11 is 7.62. The fraction of sp³-hybridized carbons (Fsp3) is 0.186. The molecular formula is C43H38ClN3O5S. The maximum atomic E-state index is 14.7. The van der Waals surface area contributed by atoms with Crippen LogP contribution in [0.25, 0.3) is 34.3 Å². The van der Waals surface area contributed by atoms with Gasteiger partial charge in [-0.15, -0.1) is 0 Å². The molecule has 0 N–H and O–H groups in total. The van der Waals surface area contributed by atoms with E-state index in [4.69, 9.17) is 30.8 Å². The quantitative estimate of drug-likeness (QED) is 0.132. The summed E-state index contributed by atoms with van der Waals surface area (Å²) in [4.78, 5) is 33.6. The number of benzene rings is 4. The molecule has 0 saturated heterocycles. The minimum absolute atomic E-state index is 0.0811. The van der Waals surface area contributed by atoms with Gasteiger partial charge in [0.1, 0.15) is 0 Å². The van der Waals surface area contributed by atoms with E-state index >= 15 is 0 Å². The lowest BCUT2D eigenvalue weighted by molar-refractivity contribution is -0.139. The number of ether oxygens (including phenoxy) is 3. The predicted octanol–water partition coefficient (Wildman–Crippen LogP) is 8.37. The van der Waals surface area contributed by atoms with Crippen molar-refractivity contribution in [3.05, 3.63) is 156 Å². The van der Waals surface area contributed by atoms with Crippen molar-refractivity contribution < 1.29 is 19.0 Å². The number of halogens is 1. The normalized spacial score (nSPS) is 14.2. The molecule has 1 aliphatic rings. The average Bonchev–Trinajstić information content (AvgIpc) is 3.68. The van der Waals surface area contributed by atoms with Crippen LogP contribution in [0.15, 0.2) is 130 Å². The van der Waals surface area contributed by atoms with Crippen molar-refractivity contribution >= 4 is 35.0 Å². The number of aromatic nitrogens is 2. The van der Waals surface area contributed by atoms with E-state index in [-0.39, 0.29) is 23.8 Å². The third-order valence-corrected chi connectivity index (χ3v) is 10.1. The van der Waals surface area contributed by atoms with Crippen molar-refractivity contribution in [3.8, 4) is 39.7 Å². The Balaban J connectivity index is 1.49. The number of nitrogens with zero attached hydrogens (tertiary/aromatic N) is 3. The van der Waals surface area contributed by atoms with Gasteiger partial charge >= 0.3 is 5.97 Å². The van der Waals surface area contributed by atoms with E-state index in [1.165, 1.54) is 11.3 Å². The minimum atomic E-state index is -0.818. The van der Waals surface area contributed by atoms with E-state index in [1.807, 2.05) is 92.7 Å². The van der Waals surface area contributed by atoms with Gasteiger partial charge in [-0.25, -0.2) is 9.79 Å². The van der Waals surface area contributed by atoms with Crippen LogP contribution in [0.2, 0.25) is 5.02 Å². The molecule has 0 saturated carbocycles. The third-order valence-electron chi connectivity index (χ3n) is 8.90. The largest absolute Gasteiger partial charge is 0.493 e. The number of esters is 1. The topological polar surface area (TPSA) is 84.1 Å². The smallest absolute Gasteiger partial charge is 0.338 e. The molecule has 4 aromatic carbocycles. The number of thiazole rings is 1. The standard InChI is InChI=1S/C43H38ClN3O5S/c1-6-51-42(49)38-27(4)45-43-47(40(38)30-17-22-35(52-26(2)3)36(24-30)50-5)41(48)37(53-43)25-31-23-34(28-13-9-7-10-14-28)46(33-20-18-32(44)19-21-33)39(31)29-15-11-8-12-16-29/h7-26,40H,6H2,1-5H3/b37-25+/t40-/m0/s1. The lowest BCUT2D eigenvalue weighted by Crippen LogP contribution is -2.40. The second kappa shape index (κ2) is 15.1. The second-order valence-corrected chi connectivity index (χ2v) is 14.2. The van der Waals surface area contributed by atoms with Crippen molar-refractivity contribution in [2.45, 2.75) is 39.8 Å². The number of methoxy groups -OCH3 is 1. The number of carbonyl (C=O) groups is 1. The van der Waals surface area contributed by atoms with Gasteiger partial charge in [0.2, 0.25) is 0 Å². The number of allylic oxidation sites excluding steroid dienone is 1. The summed E-state index contributed by atoms with van der Waals surface area (Å²) in [5.41, 5.74) is 6.73. The first kappa shape index (κ1) is 35.7. The summed E-state index contributed by atoms with van der Waals surface area (Å²) in [6.07, 6.45) is 1.84. The molecule has 0 fully saturated rings. The van der Waals surface area contributed by atoms with E-state index in [9.17, 15) is 9.59 Å². The molecule has 7 rings (SSSR count). The summed E-state index contributed by atoms with van der Waals surface area (Å²) in [7, 11) is 1.56. The number of hydrogen-bond donors (Lipinski definition) is 0. The molecule has 0 unspecified atom stereocenters. The second-order valence-electron chi connectivity index (χ2n) is 12.8. The van der Waals surface area contributed by atoms with Crippen LogP contribution in [0.3, 0.4) is 0 Å². The maximum Gasteiger partial charge on any atom is 0.338 e. The molecule has 2 aromatic heterocycles. The third kappa shape index (κ3) is 6.98. The predicted molar refractivity (Wildman–Crippen MR) is 211 cm³/mol. The maximum absolute atomic E-state index is 14.7. The van der Waals surface area contributed by atoms with Crippen molar-refractivity contribution in [1.29, 1.82) is 0 Å². The highest BCUT2D eigenvalue weighted by molar-refractivity contribution is 7.07. The van der Waals surface area contributed by atoms with Gasteiger partial charge in [0, 0.05) is 16.3 Å². The Morgan fingerprint density at radius 1 is 0.925 bits per heavy atom. The zero-order valence-electron chi connectivity index (χ0n) is 30.0. The molecule has 1 atom stereocenters. The lowest BCUT2D eigenvalue weighted by Gasteiger charge is -2.25. The van der Waals surface area contributed by atoms with Crippen LogP contribution in [0.5, 0.6) is 11.5 Å². The fourth-order valence-electron chi connectivity index (χ4n) is 6.66. The Bertz CT molecular complexity index is 2520. The summed E-state index contributed by atoms with van der Waals surface area (Å²) in [6.45, 7) is 7.57. The fourth-order valence-corrected chi connectivity index (χ4v) is 7.83. The molecule has 0 radical (unpaired) electrons. The first-order valence-electron chi connectivity index (χ1n) is 17.3. The molecule has 10 heteroatoms. The highest BCUT2D eigenvalue weighted by atomic mass is 35.5. The number of hydrogen-bond acceptors (Lipinski definition) is 7. The monoisotopic (exact) mass is 743 g/mol. The first-order chi connectivity index (χ1) is 25.7. The van der Waals surface area contributed by atoms with E-state index < -0.39 is 12.0 Å². The van der Waals surface area contributed by atoms with Crippen molar-refractivity contribution in [2.75, 3.05) is 13.7 Å². The Kier molecular flexibility index (Phi) is 10.2. The molecule has 3 heterocycles. The van der Waals surface area contributed by atoms with Gasteiger partial charge < -0.3 is 18.8 Å². The highest BCUT2D eigenvalue weighted by Crippen LogP contribution is 2.38. The lowest BCUT2D eigenvalue weighted by atomic mass is 9.95. The first-order valence-corrected chi connectivity index (χ1v) is 18.5. The van der Waals surface area contributed by atoms with Crippen molar-refractivity contribution in [3.63, 3.8) is 0 Å². The van der Waals surface area contributed by atoms with Gasteiger partial charge in [-0.1, -0.05) is 89.7 Å². The molecule has 0 spiro atoms. The number of rotatable bonds is 10. The number of carbonyl (C=O) groups excluding carboxylic acids is 1. The van der Waals surface area contributed by atoms with Crippen LogP contribution in [0, 0.1) is 0 Å². The molecule has 6 aromatic rings. The number of fused-ring (bicyclic) bond motifs is 1. The summed E-state index contributed by atoms with van der Waals surface area (Å²) < 4.78 is 21.5. The van der Waals surface area contributed by atoms with Crippen LogP contribution in [-0.2, 0) is 9.53 Å². The Morgan fingerprint density at radius 3 is 2.25 bits per heavy atom. The zero-order chi connectivity index (χ0) is 37.2. The van der Waals surface area contributed by atoms with Gasteiger partial charge in [0.05, 0.1) is 53.1 Å². The van der Waals surface area contributed by atoms with Crippen LogP contribution in [0.1, 0.15) is 44.9 Å². The van der Waals surface area contributed by atoms with Crippen molar-refractivity contribution in [1.82, 2.24) is 9.13 Å². The van der Waals surface area contributed by atoms with E-state index in [2.05, 4.69) is 34.9 Å². The van der Waals surface area contributed by atoms with Crippen LogP contribution >= 0.6 is 22.9 Å². The van der Waals surface area contributed by atoms with Gasteiger partial charge in [-0.3, -0.25) is 9.36 Å². The molecule has 8 nitrogen and oxygen atoms in total. The summed E-state index contributed by atoms with van der Waals surface area (Å²) in [6, 6.07) is 34.7. The zero-order valence-corrected chi connectivity index (χ0v) is 31.6. The highest BCUT2D eigenvalue weighted by Gasteiger charge is 2.34. The van der Waals surface area contributed by atoms with Gasteiger partial charge in [-0.05, 0) is 92.9 Å². The van der Waals surface area contributed by atoms with Gasteiger partial charge in [0.25, 0.3) is 5.56 Å². The Labute approximate surface area is 316 Å². The molecule has 0 amide bonds. The molecule has 268 valence electrons. The minimum Gasteiger partial charge on any atom is -0.493 e.